The second-order valence-corrected chi connectivity index (χ2v) is 6.34. The van der Waals surface area contributed by atoms with Crippen molar-refractivity contribution in [3.8, 4) is 0 Å². The van der Waals surface area contributed by atoms with Crippen LogP contribution in [0.5, 0.6) is 0 Å². The summed E-state index contributed by atoms with van der Waals surface area (Å²) in [6.07, 6.45) is -3.09. The summed E-state index contributed by atoms with van der Waals surface area (Å²) >= 11 is 0. The number of nitrogens with one attached hydrogen (secondary N) is 1. The van der Waals surface area contributed by atoms with Gasteiger partial charge in [0.1, 0.15) is 17.3 Å². The Hall–Kier alpha value is -2.51. The van der Waals surface area contributed by atoms with E-state index in [4.69, 9.17) is 0 Å². The van der Waals surface area contributed by atoms with Crippen molar-refractivity contribution in [1.82, 2.24) is 15.3 Å². The maximum atomic E-state index is 14.0. The molecule has 1 atom stereocenters. The number of nitrogens with zero attached hydrogens (tertiary/aromatic N) is 2. The minimum Gasteiger partial charge on any atom is -0.344 e. The topological polar surface area (TPSA) is 54.9 Å². The molecule has 1 aromatic carbocycles. The molecule has 140 valence electrons. The maximum Gasteiger partial charge on any atom is 0.416 e. The van der Waals surface area contributed by atoms with Crippen LogP contribution in [-0.2, 0) is 6.18 Å². The molecule has 0 aliphatic rings. The zero-order valence-electron chi connectivity index (χ0n) is 14.8. The SMILES string of the molecule is Cc1cnc(C(C)C)nc1C(=O)N[C@H](C)c1cc(C(F)(F)F)ccc1F. The molecule has 0 spiro atoms. The van der Waals surface area contributed by atoms with Gasteiger partial charge in [-0.25, -0.2) is 14.4 Å². The zero-order valence-corrected chi connectivity index (χ0v) is 14.8. The van der Waals surface area contributed by atoms with E-state index in [-0.39, 0.29) is 17.2 Å². The largest absolute Gasteiger partial charge is 0.416 e. The van der Waals surface area contributed by atoms with Gasteiger partial charge in [-0.2, -0.15) is 13.2 Å². The maximum absolute atomic E-state index is 14.0. The van der Waals surface area contributed by atoms with Gasteiger partial charge in [-0.1, -0.05) is 13.8 Å². The van der Waals surface area contributed by atoms with E-state index >= 15 is 0 Å². The van der Waals surface area contributed by atoms with E-state index in [1.165, 1.54) is 13.1 Å². The van der Waals surface area contributed by atoms with Crippen molar-refractivity contribution in [2.75, 3.05) is 0 Å². The lowest BCUT2D eigenvalue weighted by Gasteiger charge is -2.18. The highest BCUT2D eigenvalue weighted by molar-refractivity contribution is 5.93. The molecule has 2 aromatic rings. The van der Waals surface area contributed by atoms with Crippen LogP contribution in [0.3, 0.4) is 0 Å². The molecule has 1 heterocycles. The van der Waals surface area contributed by atoms with Gasteiger partial charge in [0, 0.05) is 17.7 Å². The molecule has 26 heavy (non-hydrogen) atoms. The van der Waals surface area contributed by atoms with Crippen LogP contribution in [0.25, 0.3) is 0 Å². The van der Waals surface area contributed by atoms with E-state index in [1.54, 1.807) is 6.92 Å². The van der Waals surface area contributed by atoms with Crippen molar-refractivity contribution >= 4 is 5.91 Å². The summed E-state index contributed by atoms with van der Waals surface area (Å²) in [5, 5.41) is 2.50. The first kappa shape index (κ1) is 19.8. The normalized spacial score (nSPS) is 13.0. The predicted octanol–water partition coefficient (Wildman–Crippen LogP) is 4.56. The second kappa shape index (κ2) is 7.39. The Morgan fingerprint density at radius 3 is 2.42 bits per heavy atom. The Kier molecular flexibility index (Phi) is 5.63. The highest BCUT2D eigenvalue weighted by Crippen LogP contribution is 2.32. The van der Waals surface area contributed by atoms with Crippen molar-refractivity contribution in [2.24, 2.45) is 0 Å². The molecule has 2 rings (SSSR count). The standard InChI is InChI=1S/C18H19F4N3O/c1-9(2)16-23-8-10(3)15(25-16)17(26)24-11(4)13-7-12(18(20,21)22)5-6-14(13)19/h5-9,11H,1-4H3,(H,24,26)/t11-/m1/s1. The Bertz CT molecular complexity index is 819. The molecule has 0 unspecified atom stereocenters. The van der Waals surface area contributed by atoms with Crippen molar-refractivity contribution in [3.63, 3.8) is 0 Å². The number of carbonyl (C=O) groups is 1. The molecule has 0 radical (unpaired) electrons. The van der Waals surface area contributed by atoms with Gasteiger partial charge in [-0.3, -0.25) is 4.79 Å². The first-order chi connectivity index (χ1) is 12.0. The van der Waals surface area contributed by atoms with E-state index in [0.717, 1.165) is 6.07 Å². The van der Waals surface area contributed by atoms with Crippen molar-refractivity contribution in [1.29, 1.82) is 0 Å². The fourth-order valence-electron chi connectivity index (χ4n) is 2.36. The fraction of sp³-hybridized carbons (Fsp3) is 0.389. The molecular weight excluding hydrogens is 350 g/mol. The number of rotatable bonds is 4. The summed E-state index contributed by atoms with van der Waals surface area (Å²) in [6.45, 7) is 6.80. The number of aromatic nitrogens is 2. The highest BCUT2D eigenvalue weighted by atomic mass is 19.4. The van der Waals surface area contributed by atoms with Crippen LogP contribution in [0.1, 0.15) is 65.7 Å². The van der Waals surface area contributed by atoms with Gasteiger partial charge < -0.3 is 5.32 Å². The van der Waals surface area contributed by atoms with Crippen LogP contribution in [0.2, 0.25) is 0 Å². The first-order valence-corrected chi connectivity index (χ1v) is 8.01. The fourth-order valence-corrected chi connectivity index (χ4v) is 2.36. The average molecular weight is 369 g/mol. The number of amides is 1. The number of carbonyl (C=O) groups excluding carboxylic acids is 1. The van der Waals surface area contributed by atoms with Crippen LogP contribution in [0.15, 0.2) is 24.4 Å². The summed E-state index contributed by atoms with van der Waals surface area (Å²) in [6, 6.07) is 1.14. The average Bonchev–Trinajstić information content (AvgIpc) is 2.54. The number of alkyl halides is 3. The molecule has 1 aromatic heterocycles. The molecule has 0 bridgehead atoms. The lowest BCUT2D eigenvalue weighted by Crippen LogP contribution is -2.29. The molecule has 1 amide bonds. The third-order valence-corrected chi connectivity index (χ3v) is 3.86. The minimum atomic E-state index is -4.60. The van der Waals surface area contributed by atoms with Gasteiger partial charge in [0.15, 0.2) is 0 Å². The van der Waals surface area contributed by atoms with Crippen LogP contribution < -0.4 is 5.32 Å². The molecule has 0 fully saturated rings. The van der Waals surface area contributed by atoms with Crippen LogP contribution in [0, 0.1) is 12.7 Å². The van der Waals surface area contributed by atoms with Gasteiger partial charge in [-0.15, -0.1) is 0 Å². The Morgan fingerprint density at radius 2 is 1.85 bits per heavy atom. The van der Waals surface area contributed by atoms with Crippen molar-refractivity contribution < 1.29 is 22.4 Å². The van der Waals surface area contributed by atoms with Crippen molar-refractivity contribution in [3.05, 3.63) is 58.4 Å². The second-order valence-electron chi connectivity index (χ2n) is 6.34. The van der Waals surface area contributed by atoms with Crippen LogP contribution in [-0.4, -0.2) is 15.9 Å². The van der Waals surface area contributed by atoms with Gasteiger partial charge >= 0.3 is 6.18 Å². The lowest BCUT2D eigenvalue weighted by atomic mass is 10.0. The number of halogens is 4. The molecule has 0 saturated carbocycles. The molecule has 4 nitrogen and oxygen atoms in total. The van der Waals surface area contributed by atoms with E-state index in [1.807, 2.05) is 13.8 Å². The molecule has 8 heteroatoms. The van der Waals surface area contributed by atoms with E-state index < -0.39 is 29.5 Å². The summed E-state index contributed by atoms with van der Waals surface area (Å²) in [7, 11) is 0. The Labute approximate surface area is 148 Å². The molecule has 0 aliphatic heterocycles. The van der Waals surface area contributed by atoms with Gasteiger partial charge in [0.25, 0.3) is 5.91 Å². The predicted molar refractivity (Wildman–Crippen MR) is 88.1 cm³/mol. The van der Waals surface area contributed by atoms with Crippen LogP contribution in [0.4, 0.5) is 17.6 Å². The van der Waals surface area contributed by atoms with E-state index in [0.29, 0.717) is 23.5 Å². The smallest absolute Gasteiger partial charge is 0.344 e. The lowest BCUT2D eigenvalue weighted by molar-refractivity contribution is -0.137. The summed E-state index contributed by atoms with van der Waals surface area (Å²) in [5.41, 5.74) is -0.592. The minimum absolute atomic E-state index is 0.000449. The highest BCUT2D eigenvalue weighted by Gasteiger charge is 2.32. The third-order valence-electron chi connectivity index (χ3n) is 3.86. The molecule has 1 N–H and O–H groups in total. The number of hydrogen-bond acceptors (Lipinski definition) is 3. The van der Waals surface area contributed by atoms with Gasteiger partial charge in [0.2, 0.25) is 0 Å². The van der Waals surface area contributed by atoms with E-state index in [9.17, 15) is 22.4 Å². The first-order valence-electron chi connectivity index (χ1n) is 8.01. The summed E-state index contributed by atoms with van der Waals surface area (Å²) in [4.78, 5) is 20.8. The Balaban J connectivity index is 2.29. The van der Waals surface area contributed by atoms with Crippen LogP contribution >= 0.6 is 0 Å². The molecule has 0 aliphatic carbocycles. The Morgan fingerprint density at radius 1 is 1.19 bits per heavy atom. The number of aryl methyl sites for hydroxylation is 1. The monoisotopic (exact) mass is 369 g/mol. The quantitative estimate of drug-likeness (QED) is 0.804. The number of benzene rings is 1. The van der Waals surface area contributed by atoms with Crippen molar-refractivity contribution in [2.45, 2.75) is 45.8 Å². The number of hydrogen-bond donors (Lipinski definition) is 1. The summed E-state index contributed by atoms with van der Waals surface area (Å²) in [5.74, 6) is -0.955. The molecule has 0 saturated heterocycles. The van der Waals surface area contributed by atoms with Gasteiger partial charge in [0.05, 0.1) is 11.6 Å². The zero-order chi connectivity index (χ0) is 19.6. The third kappa shape index (κ3) is 4.36. The summed E-state index contributed by atoms with van der Waals surface area (Å²) < 4.78 is 52.5. The van der Waals surface area contributed by atoms with E-state index in [2.05, 4.69) is 15.3 Å². The van der Waals surface area contributed by atoms with Gasteiger partial charge in [-0.05, 0) is 37.6 Å². The molecular formula is C18H19F4N3O.